The fraction of sp³-hybridized carbons (Fsp3) is 0.871. The lowest BCUT2D eigenvalue weighted by atomic mass is 9.49. The summed E-state index contributed by atoms with van der Waals surface area (Å²) in [5, 5.41) is 0. The predicted molar refractivity (Wildman–Crippen MR) is 137 cm³/mol. The van der Waals surface area contributed by atoms with Gasteiger partial charge in [0, 0.05) is 12.8 Å². The lowest BCUT2D eigenvalue weighted by Crippen LogP contribution is -2.58. The third-order valence-electron chi connectivity index (χ3n) is 12.1. The molecule has 1 saturated heterocycles. The molecule has 0 aromatic carbocycles. The predicted octanol–water partition coefficient (Wildman–Crippen LogP) is 4.90. The first-order valence-corrected chi connectivity index (χ1v) is 15.6. The molecule has 1 heterocycles. The summed E-state index contributed by atoms with van der Waals surface area (Å²) in [7, 11) is 0. The van der Waals surface area contributed by atoms with Gasteiger partial charge in [0.15, 0.2) is 6.10 Å². The highest BCUT2D eigenvalue weighted by molar-refractivity contribution is 6.04. The number of amides is 2. The SMILES string of the molecule is CC(OC(=O)C1C2CC3C1C(=O)N(C(=O)C14CC5CC(CC(C5)C1)C4)C3C2OC(=O)C1CCCCC1)C(C)(F)F. The summed E-state index contributed by atoms with van der Waals surface area (Å²) in [5.41, 5.74) is -0.557. The molecule has 8 rings (SSSR count). The molecule has 7 unspecified atom stereocenters. The highest BCUT2D eigenvalue weighted by atomic mass is 19.3. The maximum Gasteiger partial charge on any atom is 0.310 e. The van der Waals surface area contributed by atoms with Crippen LogP contribution in [0.4, 0.5) is 8.78 Å². The van der Waals surface area contributed by atoms with E-state index < -0.39 is 59.2 Å². The van der Waals surface area contributed by atoms with Gasteiger partial charge in [-0.15, -0.1) is 0 Å². The first-order chi connectivity index (χ1) is 19.0. The van der Waals surface area contributed by atoms with Crippen molar-refractivity contribution in [2.45, 2.75) is 115 Å². The second kappa shape index (κ2) is 9.22. The van der Waals surface area contributed by atoms with E-state index in [1.54, 1.807) is 0 Å². The number of alkyl halides is 2. The molecule has 0 aromatic rings. The monoisotopic (exact) mass is 561 g/mol. The van der Waals surface area contributed by atoms with Gasteiger partial charge in [-0.2, -0.15) is 0 Å². The van der Waals surface area contributed by atoms with Gasteiger partial charge in [-0.25, -0.2) is 8.78 Å². The van der Waals surface area contributed by atoms with Gasteiger partial charge in [-0.1, -0.05) is 19.3 Å². The Morgan fingerprint density at radius 1 is 0.925 bits per heavy atom. The Labute approximate surface area is 234 Å². The minimum absolute atomic E-state index is 0.143. The van der Waals surface area contributed by atoms with Gasteiger partial charge >= 0.3 is 11.9 Å². The van der Waals surface area contributed by atoms with Gasteiger partial charge in [0.2, 0.25) is 11.8 Å². The van der Waals surface area contributed by atoms with Crippen LogP contribution in [0.25, 0.3) is 0 Å². The van der Waals surface area contributed by atoms with Crippen molar-refractivity contribution in [1.82, 2.24) is 4.90 Å². The number of likely N-dealkylation sites (tertiary alicyclic amines) is 1. The minimum Gasteiger partial charge on any atom is -0.460 e. The molecule has 7 saturated carbocycles. The molecule has 8 fully saturated rings. The van der Waals surface area contributed by atoms with E-state index in [0.717, 1.165) is 77.6 Å². The molecule has 0 spiro atoms. The van der Waals surface area contributed by atoms with E-state index in [1.807, 2.05) is 0 Å². The van der Waals surface area contributed by atoms with E-state index in [-0.39, 0.29) is 23.7 Å². The largest absolute Gasteiger partial charge is 0.460 e. The maximum absolute atomic E-state index is 14.5. The molecule has 6 bridgehead atoms. The topological polar surface area (TPSA) is 90.0 Å². The van der Waals surface area contributed by atoms with Crippen LogP contribution in [0.15, 0.2) is 0 Å². The third-order valence-corrected chi connectivity index (χ3v) is 12.1. The Morgan fingerprint density at radius 3 is 2.10 bits per heavy atom. The van der Waals surface area contributed by atoms with Crippen LogP contribution in [0.2, 0.25) is 0 Å². The zero-order valence-corrected chi connectivity index (χ0v) is 23.5. The molecule has 0 N–H and O–H groups in total. The number of halogens is 2. The molecule has 40 heavy (non-hydrogen) atoms. The first kappa shape index (κ1) is 26.8. The summed E-state index contributed by atoms with van der Waals surface area (Å²) < 4.78 is 39.3. The Hall–Kier alpha value is -2.06. The first-order valence-electron chi connectivity index (χ1n) is 15.6. The number of carbonyl (C=O) groups is 4. The number of nitrogens with zero attached hydrogens (tertiary/aromatic N) is 1. The summed E-state index contributed by atoms with van der Waals surface area (Å²) in [5.74, 6) is -6.24. The Morgan fingerprint density at radius 2 is 1.52 bits per heavy atom. The molecule has 7 atom stereocenters. The average molecular weight is 562 g/mol. The van der Waals surface area contributed by atoms with Crippen LogP contribution in [-0.2, 0) is 28.7 Å². The van der Waals surface area contributed by atoms with E-state index in [9.17, 15) is 28.0 Å². The highest BCUT2D eigenvalue weighted by Crippen LogP contribution is 2.64. The summed E-state index contributed by atoms with van der Waals surface area (Å²) in [6.45, 7) is 1.84. The van der Waals surface area contributed by atoms with E-state index in [0.29, 0.717) is 31.1 Å². The van der Waals surface area contributed by atoms with Crippen LogP contribution in [-0.4, -0.2) is 52.8 Å². The zero-order valence-electron chi connectivity index (χ0n) is 23.5. The quantitative estimate of drug-likeness (QED) is 0.339. The van der Waals surface area contributed by atoms with Crippen molar-refractivity contribution < 1.29 is 37.4 Å². The van der Waals surface area contributed by atoms with E-state index in [1.165, 1.54) is 4.90 Å². The number of imide groups is 1. The van der Waals surface area contributed by atoms with E-state index in [4.69, 9.17) is 9.47 Å². The van der Waals surface area contributed by atoms with Crippen LogP contribution >= 0.6 is 0 Å². The molecule has 8 aliphatic rings. The van der Waals surface area contributed by atoms with Gasteiger partial charge in [-0.3, -0.25) is 24.1 Å². The molecular weight excluding hydrogens is 520 g/mol. The lowest BCUT2D eigenvalue weighted by molar-refractivity contribution is -0.180. The second-order valence-corrected chi connectivity index (χ2v) is 14.6. The third kappa shape index (κ3) is 3.98. The summed E-state index contributed by atoms with van der Waals surface area (Å²) in [6, 6.07) is -0.579. The van der Waals surface area contributed by atoms with Gasteiger partial charge in [0.25, 0.3) is 5.92 Å². The number of carbonyl (C=O) groups excluding carboxylic acids is 4. The molecule has 2 amide bonds. The maximum atomic E-state index is 14.5. The number of hydrogen-bond acceptors (Lipinski definition) is 6. The van der Waals surface area contributed by atoms with Gasteiger partial charge in [0.1, 0.15) is 6.10 Å². The number of ether oxygens (including phenoxy) is 2. The van der Waals surface area contributed by atoms with Crippen LogP contribution in [0.1, 0.15) is 90.9 Å². The molecular formula is C31H41F2NO6. The summed E-state index contributed by atoms with van der Waals surface area (Å²) >= 11 is 0. The number of fused-ring (bicyclic) bond motifs is 1. The summed E-state index contributed by atoms with van der Waals surface area (Å²) in [6.07, 6.45) is 8.36. The zero-order chi connectivity index (χ0) is 28.1. The van der Waals surface area contributed by atoms with Crippen LogP contribution in [0.3, 0.4) is 0 Å². The number of esters is 2. The fourth-order valence-electron chi connectivity index (χ4n) is 10.6. The van der Waals surface area contributed by atoms with Crippen molar-refractivity contribution in [1.29, 1.82) is 0 Å². The van der Waals surface area contributed by atoms with Gasteiger partial charge < -0.3 is 9.47 Å². The molecule has 1 aliphatic heterocycles. The second-order valence-electron chi connectivity index (χ2n) is 14.6. The Balaban J connectivity index is 1.20. The minimum atomic E-state index is -3.23. The van der Waals surface area contributed by atoms with E-state index >= 15 is 0 Å². The smallest absolute Gasteiger partial charge is 0.310 e. The lowest BCUT2D eigenvalue weighted by Gasteiger charge is -2.56. The number of rotatable bonds is 6. The van der Waals surface area contributed by atoms with Crippen molar-refractivity contribution in [3.63, 3.8) is 0 Å². The molecule has 0 radical (unpaired) electrons. The van der Waals surface area contributed by atoms with Crippen molar-refractivity contribution >= 4 is 23.8 Å². The van der Waals surface area contributed by atoms with Gasteiger partial charge in [-0.05, 0) is 88.4 Å². The Bertz CT molecular complexity index is 1080. The normalized spacial score (nSPS) is 44.2. The summed E-state index contributed by atoms with van der Waals surface area (Å²) in [4.78, 5) is 56.7. The molecule has 7 nitrogen and oxygen atoms in total. The van der Waals surface area contributed by atoms with Crippen LogP contribution in [0.5, 0.6) is 0 Å². The Kier molecular flexibility index (Phi) is 6.18. The van der Waals surface area contributed by atoms with Crippen molar-refractivity contribution in [2.75, 3.05) is 0 Å². The van der Waals surface area contributed by atoms with Crippen molar-refractivity contribution in [2.24, 2.45) is 52.8 Å². The standard InChI is InChI=1S/C31H41F2NO6/c1-15(30(2,32)33)39-28(37)23-21-11-20-22(23)26(35)34(24(20)25(21)40-27(36)19-6-4-3-5-7-19)29(38)31-12-16-8-17(13-31)10-18(9-16)14-31/h15-25H,3-14H2,1-2H3. The van der Waals surface area contributed by atoms with Crippen molar-refractivity contribution in [3.8, 4) is 0 Å². The molecule has 9 heteroatoms. The van der Waals surface area contributed by atoms with Crippen molar-refractivity contribution in [3.05, 3.63) is 0 Å². The average Bonchev–Trinajstić information content (AvgIpc) is 3.50. The number of hydrogen-bond donors (Lipinski definition) is 0. The fourth-order valence-corrected chi connectivity index (χ4v) is 10.6. The van der Waals surface area contributed by atoms with Crippen LogP contribution < -0.4 is 0 Å². The molecule has 7 aliphatic carbocycles. The van der Waals surface area contributed by atoms with Crippen LogP contribution in [0, 0.1) is 52.8 Å². The van der Waals surface area contributed by atoms with Gasteiger partial charge in [0.05, 0.1) is 29.2 Å². The van der Waals surface area contributed by atoms with E-state index in [2.05, 4.69) is 0 Å². The molecule has 0 aromatic heterocycles. The molecule has 220 valence electrons. The highest BCUT2D eigenvalue weighted by Gasteiger charge is 2.73.